The first-order chi connectivity index (χ1) is 14.8. The molecule has 0 amide bonds. The number of anilines is 1. The third kappa shape index (κ3) is 3.97. The van der Waals surface area contributed by atoms with E-state index >= 15 is 0 Å². The molecular formula is C24H27FN4S. The molecule has 0 unspecified atom stereocenters. The summed E-state index contributed by atoms with van der Waals surface area (Å²) in [5.74, 6) is 0.285. The molecular weight excluding hydrogens is 395 g/mol. The van der Waals surface area contributed by atoms with Gasteiger partial charge >= 0.3 is 0 Å². The fourth-order valence-electron chi connectivity index (χ4n) is 4.74. The van der Waals surface area contributed by atoms with E-state index in [1.165, 1.54) is 69.1 Å². The zero-order chi connectivity index (χ0) is 20.3. The van der Waals surface area contributed by atoms with Gasteiger partial charge in [0.05, 0.1) is 16.3 Å². The molecule has 3 heterocycles. The summed E-state index contributed by atoms with van der Waals surface area (Å²) in [6.45, 7) is 2.10. The lowest BCUT2D eigenvalue weighted by Crippen LogP contribution is -2.29. The molecule has 0 radical (unpaired) electrons. The number of hydrogen-bond donors (Lipinski definition) is 0. The fourth-order valence-corrected chi connectivity index (χ4v) is 5.89. The highest BCUT2D eigenvalue weighted by atomic mass is 32.1. The van der Waals surface area contributed by atoms with Crippen molar-refractivity contribution in [1.29, 1.82) is 0 Å². The zero-order valence-electron chi connectivity index (χ0n) is 17.2. The van der Waals surface area contributed by atoms with Crippen molar-refractivity contribution in [3.63, 3.8) is 0 Å². The lowest BCUT2D eigenvalue weighted by atomic mass is 9.83. The van der Waals surface area contributed by atoms with E-state index in [1.54, 1.807) is 17.7 Å². The van der Waals surface area contributed by atoms with Gasteiger partial charge in [0.25, 0.3) is 0 Å². The van der Waals surface area contributed by atoms with Crippen LogP contribution in [0.4, 0.5) is 9.52 Å². The molecule has 1 aromatic carbocycles. The van der Waals surface area contributed by atoms with Crippen molar-refractivity contribution < 1.29 is 4.39 Å². The van der Waals surface area contributed by atoms with Crippen molar-refractivity contribution in [2.45, 2.75) is 57.3 Å². The van der Waals surface area contributed by atoms with Gasteiger partial charge in [-0.2, -0.15) is 0 Å². The Morgan fingerprint density at radius 3 is 2.40 bits per heavy atom. The highest BCUT2D eigenvalue weighted by Crippen LogP contribution is 2.44. The predicted octanol–water partition coefficient (Wildman–Crippen LogP) is 6.44. The monoisotopic (exact) mass is 422 g/mol. The van der Waals surface area contributed by atoms with E-state index in [1.807, 2.05) is 18.3 Å². The molecule has 1 aliphatic heterocycles. The van der Waals surface area contributed by atoms with Gasteiger partial charge in [0.15, 0.2) is 5.13 Å². The van der Waals surface area contributed by atoms with Gasteiger partial charge in [0, 0.05) is 30.4 Å². The number of piperidine rings is 1. The van der Waals surface area contributed by atoms with Crippen LogP contribution in [0.25, 0.3) is 21.8 Å². The second kappa shape index (κ2) is 8.80. The molecule has 0 N–H and O–H groups in total. The number of nitrogens with zero attached hydrogens (tertiary/aromatic N) is 4. The molecule has 0 bridgehead atoms. The molecule has 1 aliphatic carbocycles. The van der Waals surface area contributed by atoms with Crippen LogP contribution < -0.4 is 4.90 Å². The minimum Gasteiger partial charge on any atom is -0.348 e. The molecule has 1 saturated carbocycles. The number of hydrogen-bond acceptors (Lipinski definition) is 5. The van der Waals surface area contributed by atoms with Crippen LogP contribution in [0.3, 0.4) is 0 Å². The van der Waals surface area contributed by atoms with Gasteiger partial charge in [-0.1, -0.05) is 30.6 Å². The van der Waals surface area contributed by atoms with E-state index in [0.717, 1.165) is 40.0 Å². The minimum absolute atomic E-state index is 0.225. The van der Waals surface area contributed by atoms with E-state index in [-0.39, 0.29) is 5.82 Å². The number of rotatable bonds is 4. The van der Waals surface area contributed by atoms with Gasteiger partial charge in [-0.3, -0.25) is 0 Å². The Hall–Kier alpha value is -2.34. The van der Waals surface area contributed by atoms with Gasteiger partial charge in [-0.15, -0.1) is 0 Å². The Kier molecular flexibility index (Phi) is 5.75. The molecule has 3 aromatic rings. The van der Waals surface area contributed by atoms with Gasteiger partial charge in [-0.25, -0.2) is 19.3 Å². The smallest absolute Gasteiger partial charge is 0.186 e. The Morgan fingerprint density at radius 2 is 1.63 bits per heavy atom. The molecule has 2 aromatic heterocycles. The summed E-state index contributed by atoms with van der Waals surface area (Å²) in [7, 11) is 0. The molecule has 6 heteroatoms. The van der Waals surface area contributed by atoms with Crippen molar-refractivity contribution in [2.24, 2.45) is 0 Å². The van der Waals surface area contributed by atoms with Crippen molar-refractivity contribution in [1.82, 2.24) is 15.0 Å². The molecule has 2 aliphatic rings. The normalized spacial score (nSPS) is 18.0. The van der Waals surface area contributed by atoms with E-state index in [0.29, 0.717) is 5.92 Å². The molecule has 5 rings (SSSR count). The molecule has 2 fully saturated rings. The SMILES string of the molecule is Fc1ccc(-c2nc(N3CCCCC3)sc2-c2ncncc2C2CCCCC2)cc1. The number of aromatic nitrogens is 3. The van der Waals surface area contributed by atoms with Gasteiger partial charge in [0.1, 0.15) is 12.1 Å². The Bertz CT molecular complexity index is 989. The van der Waals surface area contributed by atoms with Crippen molar-refractivity contribution in [3.05, 3.63) is 48.2 Å². The maximum atomic E-state index is 13.6. The summed E-state index contributed by atoms with van der Waals surface area (Å²) >= 11 is 1.73. The van der Waals surface area contributed by atoms with Crippen LogP contribution >= 0.6 is 11.3 Å². The van der Waals surface area contributed by atoms with E-state index in [9.17, 15) is 4.39 Å². The van der Waals surface area contributed by atoms with Crippen LogP contribution in [0.15, 0.2) is 36.8 Å². The first kappa shape index (κ1) is 19.6. The summed E-state index contributed by atoms with van der Waals surface area (Å²) in [4.78, 5) is 17.7. The minimum atomic E-state index is -0.225. The molecule has 156 valence electrons. The van der Waals surface area contributed by atoms with Crippen LogP contribution in [-0.2, 0) is 0 Å². The number of benzene rings is 1. The van der Waals surface area contributed by atoms with Crippen molar-refractivity contribution in [2.75, 3.05) is 18.0 Å². The summed E-state index contributed by atoms with van der Waals surface area (Å²) in [5, 5.41) is 1.05. The first-order valence-electron chi connectivity index (χ1n) is 11.1. The topological polar surface area (TPSA) is 41.9 Å². The maximum Gasteiger partial charge on any atom is 0.186 e. The second-order valence-electron chi connectivity index (χ2n) is 8.39. The second-order valence-corrected chi connectivity index (χ2v) is 9.37. The van der Waals surface area contributed by atoms with Crippen molar-refractivity contribution in [3.8, 4) is 21.8 Å². The van der Waals surface area contributed by atoms with E-state index < -0.39 is 0 Å². The first-order valence-corrected chi connectivity index (χ1v) is 11.9. The van der Waals surface area contributed by atoms with Crippen LogP contribution in [0.2, 0.25) is 0 Å². The summed E-state index contributed by atoms with van der Waals surface area (Å²) in [5.41, 5.74) is 4.11. The molecule has 4 nitrogen and oxygen atoms in total. The summed E-state index contributed by atoms with van der Waals surface area (Å²) in [6, 6.07) is 6.69. The summed E-state index contributed by atoms with van der Waals surface area (Å²) < 4.78 is 13.6. The molecule has 30 heavy (non-hydrogen) atoms. The Labute approximate surface area is 181 Å². The average molecular weight is 423 g/mol. The third-order valence-corrected chi connectivity index (χ3v) is 7.48. The maximum absolute atomic E-state index is 13.6. The number of halogens is 1. The van der Waals surface area contributed by atoms with E-state index in [2.05, 4.69) is 9.88 Å². The summed E-state index contributed by atoms with van der Waals surface area (Å²) in [6.07, 6.45) is 13.6. The van der Waals surface area contributed by atoms with E-state index in [4.69, 9.17) is 9.97 Å². The van der Waals surface area contributed by atoms with Crippen LogP contribution in [0.5, 0.6) is 0 Å². The van der Waals surface area contributed by atoms with Crippen LogP contribution in [0.1, 0.15) is 62.8 Å². The standard InChI is InChI=1S/C24H27FN4S/c25-19-11-9-18(10-12-19)21-23(30-24(28-21)29-13-5-2-6-14-29)22-20(15-26-16-27-22)17-7-3-1-4-8-17/h9-12,15-17H,1-8,13-14H2. The highest BCUT2D eigenvalue weighted by molar-refractivity contribution is 7.19. The Morgan fingerprint density at radius 1 is 0.900 bits per heavy atom. The predicted molar refractivity (Wildman–Crippen MR) is 120 cm³/mol. The van der Waals surface area contributed by atoms with Gasteiger partial charge in [-0.05, 0) is 62.3 Å². The lowest BCUT2D eigenvalue weighted by molar-refractivity contribution is 0.443. The zero-order valence-corrected chi connectivity index (χ0v) is 18.0. The molecule has 0 atom stereocenters. The molecule has 1 saturated heterocycles. The highest BCUT2D eigenvalue weighted by Gasteiger charge is 2.26. The molecule has 0 spiro atoms. The van der Waals surface area contributed by atoms with Crippen molar-refractivity contribution >= 4 is 16.5 Å². The van der Waals surface area contributed by atoms with Gasteiger partial charge < -0.3 is 4.90 Å². The Balaban J connectivity index is 1.61. The van der Waals surface area contributed by atoms with Crippen LogP contribution in [-0.4, -0.2) is 28.0 Å². The quantitative estimate of drug-likeness (QED) is 0.485. The average Bonchev–Trinajstić information content (AvgIpc) is 3.26. The van der Waals surface area contributed by atoms with Crippen LogP contribution in [0, 0.1) is 5.82 Å². The number of thiazole rings is 1. The largest absolute Gasteiger partial charge is 0.348 e. The fraction of sp³-hybridized carbons (Fsp3) is 0.458. The third-order valence-electron chi connectivity index (χ3n) is 6.36. The van der Waals surface area contributed by atoms with Gasteiger partial charge in [0.2, 0.25) is 0 Å². The lowest BCUT2D eigenvalue weighted by Gasteiger charge is -2.25.